The first kappa shape index (κ1) is 14.4. The number of amides is 3. The molecule has 1 unspecified atom stereocenters. The van der Waals surface area contributed by atoms with Gasteiger partial charge in [0.2, 0.25) is 0 Å². The Bertz CT molecular complexity index is 481. The van der Waals surface area contributed by atoms with Crippen LogP contribution >= 0.6 is 0 Å². The first-order valence-electron chi connectivity index (χ1n) is 5.45. The average molecular weight is 266 g/mol. The molecule has 3 N–H and O–H groups in total. The first-order valence-corrected chi connectivity index (χ1v) is 5.45. The summed E-state index contributed by atoms with van der Waals surface area (Å²) in [5, 5.41) is 12.8. The van der Waals surface area contributed by atoms with E-state index in [1.807, 2.05) is 5.32 Å². The van der Waals surface area contributed by atoms with Gasteiger partial charge in [-0.1, -0.05) is 0 Å². The van der Waals surface area contributed by atoms with Crippen molar-refractivity contribution in [2.24, 2.45) is 0 Å². The fourth-order valence-electron chi connectivity index (χ4n) is 1.32. The van der Waals surface area contributed by atoms with Crippen LogP contribution < -0.4 is 10.6 Å². The highest BCUT2D eigenvalue weighted by Gasteiger charge is 2.09. The van der Waals surface area contributed by atoms with Gasteiger partial charge in [-0.25, -0.2) is 14.6 Å². The zero-order valence-corrected chi connectivity index (χ0v) is 10.2. The highest BCUT2D eigenvalue weighted by atomic mass is 16.4. The van der Waals surface area contributed by atoms with E-state index >= 15 is 0 Å². The minimum absolute atomic E-state index is 0.217. The Morgan fingerprint density at radius 3 is 2.74 bits per heavy atom. The summed E-state index contributed by atoms with van der Waals surface area (Å²) >= 11 is 0. The van der Waals surface area contributed by atoms with Crippen molar-refractivity contribution in [1.82, 2.24) is 20.2 Å². The number of aromatic nitrogens is 2. The molecule has 3 amide bonds. The van der Waals surface area contributed by atoms with Gasteiger partial charge < -0.3 is 15.0 Å². The maximum atomic E-state index is 11.4. The van der Waals surface area contributed by atoms with Gasteiger partial charge in [0.15, 0.2) is 0 Å². The number of hydrogen-bond acceptors (Lipinski definition) is 4. The Labute approximate surface area is 109 Å². The maximum Gasteiger partial charge on any atom is 0.328 e. The molecule has 0 saturated carbocycles. The summed E-state index contributed by atoms with van der Waals surface area (Å²) in [5.74, 6) is -2.06. The quantitative estimate of drug-likeness (QED) is 0.635. The predicted molar refractivity (Wildman–Crippen MR) is 65.1 cm³/mol. The molecule has 0 aromatic carbocycles. The van der Waals surface area contributed by atoms with Crippen LogP contribution in [0.5, 0.6) is 0 Å². The molecule has 0 radical (unpaired) electrons. The lowest BCUT2D eigenvalue weighted by Gasteiger charge is -2.14. The number of carboxylic acids is 1. The predicted octanol–water partition coefficient (Wildman–Crippen LogP) is -0.262. The third kappa shape index (κ3) is 6.01. The number of urea groups is 1. The van der Waals surface area contributed by atoms with E-state index < -0.39 is 17.9 Å². The molecule has 1 heterocycles. The van der Waals surface area contributed by atoms with Gasteiger partial charge in [-0.3, -0.25) is 10.1 Å². The SMILES string of the molecule is CC(Cn1ccnc1)NC(=O)NC(=O)C=CC(=O)O. The molecule has 0 saturated heterocycles. The number of carboxylic acid groups (broad SMARTS) is 1. The number of rotatable bonds is 5. The number of carbonyl (C=O) groups is 3. The van der Waals surface area contributed by atoms with E-state index in [1.165, 1.54) is 0 Å². The van der Waals surface area contributed by atoms with Crippen molar-refractivity contribution in [2.45, 2.75) is 19.5 Å². The molecule has 0 aliphatic rings. The number of hydrogen-bond donors (Lipinski definition) is 3. The van der Waals surface area contributed by atoms with E-state index in [2.05, 4.69) is 10.3 Å². The summed E-state index contributed by atoms with van der Waals surface area (Å²) in [5.41, 5.74) is 0. The molecule has 102 valence electrons. The number of imidazole rings is 1. The van der Waals surface area contributed by atoms with Gasteiger partial charge in [0.05, 0.1) is 6.33 Å². The molecular weight excluding hydrogens is 252 g/mol. The van der Waals surface area contributed by atoms with Crippen molar-refractivity contribution in [3.05, 3.63) is 30.9 Å². The second-order valence-corrected chi connectivity index (χ2v) is 3.79. The minimum atomic E-state index is -1.26. The Kier molecular flexibility index (Phi) is 5.27. The first-order chi connectivity index (χ1) is 8.97. The fraction of sp³-hybridized carbons (Fsp3) is 0.273. The van der Waals surface area contributed by atoms with Crippen LogP contribution in [0.25, 0.3) is 0 Å². The van der Waals surface area contributed by atoms with Crippen molar-refractivity contribution in [3.63, 3.8) is 0 Å². The molecule has 0 bridgehead atoms. The molecule has 0 aliphatic carbocycles. The number of imide groups is 1. The Morgan fingerprint density at radius 1 is 1.42 bits per heavy atom. The van der Waals surface area contributed by atoms with E-state index in [9.17, 15) is 14.4 Å². The molecule has 1 aromatic rings. The summed E-state index contributed by atoms with van der Waals surface area (Å²) in [6.45, 7) is 2.27. The summed E-state index contributed by atoms with van der Waals surface area (Å²) in [6.07, 6.45) is 6.39. The van der Waals surface area contributed by atoms with Crippen molar-refractivity contribution in [3.8, 4) is 0 Å². The molecule has 19 heavy (non-hydrogen) atoms. The lowest BCUT2D eigenvalue weighted by Crippen LogP contribution is -2.44. The van der Waals surface area contributed by atoms with Crippen molar-refractivity contribution >= 4 is 17.9 Å². The Balaban J connectivity index is 2.34. The molecule has 8 nitrogen and oxygen atoms in total. The number of carbonyl (C=O) groups excluding carboxylic acids is 2. The van der Waals surface area contributed by atoms with Crippen molar-refractivity contribution in [1.29, 1.82) is 0 Å². The number of nitrogens with zero attached hydrogens (tertiary/aromatic N) is 2. The summed E-state index contributed by atoms with van der Waals surface area (Å²) in [6, 6.07) is -0.905. The van der Waals surface area contributed by atoms with Gasteiger partial charge in [-0.05, 0) is 6.92 Å². The van der Waals surface area contributed by atoms with E-state index in [4.69, 9.17) is 5.11 Å². The van der Waals surface area contributed by atoms with Crippen LogP contribution in [-0.2, 0) is 16.1 Å². The van der Waals surface area contributed by atoms with Crippen LogP contribution in [0.1, 0.15) is 6.92 Å². The molecule has 8 heteroatoms. The van der Waals surface area contributed by atoms with Gasteiger partial charge in [0.25, 0.3) is 5.91 Å². The highest BCUT2D eigenvalue weighted by molar-refractivity contribution is 6.02. The smallest absolute Gasteiger partial charge is 0.328 e. The van der Waals surface area contributed by atoms with Gasteiger partial charge in [-0.15, -0.1) is 0 Å². The second kappa shape index (κ2) is 6.94. The summed E-state index contributed by atoms with van der Waals surface area (Å²) < 4.78 is 1.77. The lowest BCUT2D eigenvalue weighted by molar-refractivity contribution is -0.131. The van der Waals surface area contributed by atoms with Gasteiger partial charge in [-0.2, -0.15) is 0 Å². The fourth-order valence-corrected chi connectivity index (χ4v) is 1.32. The van der Waals surface area contributed by atoms with Gasteiger partial charge in [0, 0.05) is 37.1 Å². The topological polar surface area (TPSA) is 113 Å². The van der Waals surface area contributed by atoms with Crippen LogP contribution in [0.4, 0.5) is 4.79 Å². The molecule has 1 aromatic heterocycles. The third-order valence-corrected chi connectivity index (χ3v) is 2.04. The zero-order chi connectivity index (χ0) is 14.3. The number of aliphatic carboxylic acids is 1. The lowest BCUT2D eigenvalue weighted by atomic mass is 10.3. The average Bonchev–Trinajstić information content (AvgIpc) is 2.78. The summed E-state index contributed by atoms with van der Waals surface area (Å²) in [7, 11) is 0. The zero-order valence-electron chi connectivity index (χ0n) is 10.2. The monoisotopic (exact) mass is 266 g/mol. The van der Waals surface area contributed by atoms with E-state index in [1.54, 1.807) is 30.2 Å². The standard InChI is InChI=1S/C11H14N4O4/c1-8(6-15-5-4-12-7-15)13-11(19)14-9(16)2-3-10(17)18/h2-5,7-8H,6H2,1H3,(H,17,18)(H2,13,14,16,19). The van der Waals surface area contributed by atoms with Crippen LogP contribution in [0.2, 0.25) is 0 Å². The maximum absolute atomic E-state index is 11.4. The molecule has 1 rings (SSSR count). The minimum Gasteiger partial charge on any atom is -0.478 e. The van der Waals surface area contributed by atoms with Gasteiger partial charge in [0.1, 0.15) is 0 Å². The van der Waals surface area contributed by atoms with Crippen LogP contribution in [0.3, 0.4) is 0 Å². The van der Waals surface area contributed by atoms with Crippen LogP contribution in [-0.4, -0.2) is 38.6 Å². The van der Waals surface area contributed by atoms with E-state index in [0.29, 0.717) is 12.6 Å². The highest BCUT2D eigenvalue weighted by Crippen LogP contribution is 1.91. The molecular formula is C11H14N4O4. The van der Waals surface area contributed by atoms with Crippen molar-refractivity contribution in [2.75, 3.05) is 0 Å². The van der Waals surface area contributed by atoms with E-state index in [-0.39, 0.29) is 6.04 Å². The number of nitrogens with one attached hydrogen (secondary N) is 2. The Morgan fingerprint density at radius 2 is 2.16 bits per heavy atom. The largest absolute Gasteiger partial charge is 0.478 e. The van der Waals surface area contributed by atoms with E-state index in [0.717, 1.165) is 6.08 Å². The molecule has 0 aliphatic heterocycles. The van der Waals surface area contributed by atoms with Gasteiger partial charge >= 0.3 is 12.0 Å². The van der Waals surface area contributed by atoms with Crippen molar-refractivity contribution < 1.29 is 19.5 Å². The van der Waals surface area contributed by atoms with Crippen LogP contribution in [0, 0.1) is 0 Å². The van der Waals surface area contributed by atoms with Crippen LogP contribution in [0.15, 0.2) is 30.9 Å². The molecule has 1 atom stereocenters. The third-order valence-electron chi connectivity index (χ3n) is 2.04. The molecule has 0 spiro atoms. The molecule has 0 fully saturated rings. The Hall–Kier alpha value is -2.64. The second-order valence-electron chi connectivity index (χ2n) is 3.79. The normalized spacial score (nSPS) is 12.1. The summed E-state index contributed by atoms with van der Waals surface area (Å²) in [4.78, 5) is 36.5.